The third-order valence-corrected chi connectivity index (χ3v) is 4.93. The third kappa shape index (κ3) is 3.20. The molecule has 0 saturated heterocycles. The summed E-state index contributed by atoms with van der Waals surface area (Å²) in [5, 5.41) is 18.8. The normalized spacial score (nSPS) is 11.9. The summed E-state index contributed by atoms with van der Waals surface area (Å²) >= 11 is 1.52. The highest BCUT2D eigenvalue weighted by molar-refractivity contribution is 7.13. The van der Waals surface area contributed by atoms with Gasteiger partial charge in [-0.3, -0.25) is 4.79 Å². The lowest BCUT2D eigenvalue weighted by atomic mass is 10.0. The molecule has 0 spiro atoms. The Morgan fingerprint density at radius 2 is 2.08 bits per heavy atom. The van der Waals surface area contributed by atoms with Crippen molar-refractivity contribution < 1.29 is 14.7 Å². The number of fused-ring (bicyclic) bond motifs is 1. The standard InChI is InChI=1S/C18H20N4O3S/c1-10(2)22-15-12(9-19-22)11(16(23)21-18(3,4)17(24)25)8-13(20-15)14-6-5-7-26-14/h5-10H,1-4H3,(H,21,23)(H,24,25). The Morgan fingerprint density at radius 3 is 2.65 bits per heavy atom. The second-order valence-corrected chi connectivity index (χ2v) is 7.78. The topological polar surface area (TPSA) is 97.1 Å². The van der Waals surface area contributed by atoms with Gasteiger partial charge in [-0.05, 0) is 45.2 Å². The van der Waals surface area contributed by atoms with Gasteiger partial charge in [-0.2, -0.15) is 5.10 Å². The molecule has 0 unspecified atom stereocenters. The minimum absolute atomic E-state index is 0.0740. The van der Waals surface area contributed by atoms with Crippen LogP contribution >= 0.6 is 11.3 Å². The van der Waals surface area contributed by atoms with Gasteiger partial charge in [-0.25, -0.2) is 14.5 Å². The fourth-order valence-electron chi connectivity index (χ4n) is 2.54. The minimum Gasteiger partial charge on any atom is -0.480 e. The fourth-order valence-corrected chi connectivity index (χ4v) is 3.23. The number of hydrogen-bond donors (Lipinski definition) is 2. The summed E-state index contributed by atoms with van der Waals surface area (Å²) in [5.74, 6) is -1.57. The van der Waals surface area contributed by atoms with Gasteiger partial charge in [-0.15, -0.1) is 11.3 Å². The zero-order valence-electron chi connectivity index (χ0n) is 15.0. The van der Waals surface area contributed by atoms with E-state index in [1.165, 1.54) is 25.2 Å². The van der Waals surface area contributed by atoms with Gasteiger partial charge >= 0.3 is 5.97 Å². The number of hydrogen-bond acceptors (Lipinski definition) is 5. The van der Waals surface area contributed by atoms with Gasteiger partial charge in [0.2, 0.25) is 0 Å². The highest BCUT2D eigenvalue weighted by atomic mass is 32.1. The molecule has 3 heterocycles. The molecule has 0 aromatic carbocycles. The van der Waals surface area contributed by atoms with Crippen molar-refractivity contribution in [3.05, 3.63) is 35.3 Å². The Kier molecular flexibility index (Phi) is 4.53. The lowest BCUT2D eigenvalue weighted by molar-refractivity contribution is -0.143. The summed E-state index contributed by atoms with van der Waals surface area (Å²) < 4.78 is 1.76. The fraction of sp³-hybridized carbons (Fsp3) is 0.333. The van der Waals surface area contributed by atoms with E-state index in [4.69, 9.17) is 0 Å². The molecule has 26 heavy (non-hydrogen) atoms. The molecular formula is C18H20N4O3S. The Bertz CT molecular complexity index is 974. The molecule has 0 fully saturated rings. The first-order valence-corrected chi connectivity index (χ1v) is 9.06. The number of amides is 1. The molecule has 7 nitrogen and oxygen atoms in total. The number of carboxylic acids is 1. The lowest BCUT2D eigenvalue weighted by Gasteiger charge is -2.21. The average Bonchev–Trinajstić information content (AvgIpc) is 3.22. The molecule has 0 radical (unpaired) electrons. The maximum absolute atomic E-state index is 12.8. The molecule has 0 atom stereocenters. The number of nitrogens with zero attached hydrogens (tertiary/aromatic N) is 3. The van der Waals surface area contributed by atoms with Crippen molar-refractivity contribution >= 4 is 34.2 Å². The molecule has 136 valence electrons. The SMILES string of the molecule is CC(C)n1ncc2c(C(=O)NC(C)(C)C(=O)O)cc(-c3cccs3)nc21. The van der Waals surface area contributed by atoms with Gasteiger partial charge in [-0.1, -0.05) is 6.07 Å². The Labute approximate surface area is 154 Å². The maximum Gasteiger partial charge on any atom is 0.328 e. The third-order valence-electron chi connectivity index (χ3n) is 4.03. The maximum atomic E-state index is 12.8. The van der Waals surface area contributed by atoms with Gasteiger partial charge < -0.3 is 10.4 Å². The van der Waals surface area contributed by atoms with E-state index in [9.17, 15) is 14.7 Å². The van der Waals surface area contributed by atoms with Crippen molar-refractivity contribution in [2.24, 2.45) is 0 Å². The average molecular weight is 372 g/mol. The van der Waals surface area contributed by atoms with Crippen LogP contribution in [0.3, 0.4) is 0 Å². The summed E-state index contributed by atoms with van der Waals surface area (Å²) in [4.78, 5) is 29.8. The second kappa shape index (κ2) is 6.53. The van der Waals surface area contributed by atoms with Gasteiger partial charge in [0.15, 0.2) is 5.65 Å². The van der Waals surface area contributed by atoms with E-state index in [0.717, 1.165) is 4.88 Å². The van der Waals surface area contributed by atoms with Gasteiger partial charge in [0, 0.05) is 6.04 Å². The Morgan fingerprint density at radius 1 is 1.35 bits per heavy atom. The first-order valence-electron chi connectivity index (χ1n) is 8.18. The minimum atomic E-state index is -1.39. The van der Waals surface area contributed by atoms with Crippen LogP contribution in [0.1, 0.15) is 44.1 Å². The molecule has 3 rings (SSSR count). The highest BCUT2D eigenvalue weighted by Crippen LogP contribution is 2.29. The highest BCUT2D eigenvalue weighted by Gasteiger charge is 2.30. The molecular weight excluding hydrogens is 352 g/mol. The van der Waals surface area contributed by atoms with Gasteiger partial charge in [0.25, 0.3) is 5.91 Å². The van der Waals surface area contributed by atoms with Crippen molar-refractivity contribution in [2.45, 2.75) is 39.3 Å². The summed E-state index contributed by atoms with van der Waals surface area (Å²) in [6.07, 6.45) is 1.60. The number of carboxylic acid groups (broad SMARTS) is 1. The monoisotopic (exact) mass is 372 g/mol. The molecule has 3 aromatic rings. The zero-order chi connectivity index (χ0) is 19.1. The van der Waals surface area contributed by atoms with Crippen LogP contribution in [0.2, 0.25) is 0 Å². The first kappa shape index (κ1) is 18.1. The van der Waals surface area contributed by atoms with Crippen molar-refractivity contribution in [3.8, 4) is 10.6 Å². The summed E-state index contributed by atoms with van der Waals surface area (Å²) in [6.45, 7) is 6.87. The Hall–Kier alpha value is -2.74. The van der Waals surface area contributed by atoms with Crippen LogP contribution in [0.15, 0.2) is 29.8 Å². The molecule has 0 aliphatic rings. The quantitative estimate of drug-likeness (QED) is 0.716. The van der Waals surface area contributed by atoms with Crippen LogP contribution < -0.4 is 5.32 Å². The van der Waals surface area contributed by atoms with Crippen molar-refractivity contribution in [1.82, 2.24) is 20.1 Å². The molecule has 8 heteroatoms. The predicted octanol–water partition coefficient (Wildman–Crippen LogP) is 3.33. The number of aromatic nitrogens is 3. The van der Waals surface area contributed by atoms with E-state index < -0.39 is 17.4 Å². The zero-order valence-corrected chi connectivity index (χ0v) is 15.8. The van der Waals surface area contributed by atoms with Crippen molar-refractivity contribution in [2.75, 3.05) is 0 Å². The summed E-state index contributed by atoms with van der Waals surface area (Å²) in [7, 11) is 0. The number of carbonyl (C=O) groups is 2. The first-order chi connectivity index (χ1) is 12.2. The number of carbonyl (C=O) groups excluding carboxylic acids is 1. The van der Waals surface area contributed by atoms with E-state index in [-0.39, 0.29) is 6.04 Å². The number of pyridine rings is 1. The van der Waals surface area contributed by atoms with Crippen LogP contribution in [-0.4, -0.2) is 37.3 Å². The van der Waals surface area contributed by atoms with E-state index >= 15 is 0 Å². The number of rotatable bonds is 5. The largest absolute Gasteiger partial charge is 0.480 e. The Balaban J connectivity index is 2.17. The smallest absolute Gasteiger partial charge is 0.328 e. The van der Waals surface area contributed by atoms with E-state index in [0.29, 0.717) is 22.3 Å². The molecule has 0 bridgehead atoms. The van der Waals surface area contributed by atoms with Crippen LogP contribution in [-0.2, 0) is 4.79 Å². The van der Waals surface area contributed by atoms with E-state index in [1.54, 1.807) is 16.9 Å². The lowest BCUT2D eigenvalue weighted by Crippen LogP contribution is -2.49. The van der Waals surface area contributed by atoms with E-state index in [2.05, 4.69) is 15.4 Å². The van der Waals surface area contributed by atoms with Gasteiger partial charge in [0.1, 0.15) is 5.54 Å². The van der Waals surface area contributed by atoms with Crippen LogP contribution in [0.5, 0.6) is 0 Å². The molecule has 3 aromatic heterocycles. The number of aliphatic carboxylic acids is 1. The summed E-state index contributed by atoms with van der Waals surface area (Å²) in [6, 6.07) is 5.61. The number of thiophene rings is 1. The molecule has 1 amide bonds. The summed E-state index contributed by atoms with van der Waals surface area (Å²) in [5.41, 5.74) is 0.237. The molecule has 0 aliphatic carbocycles. The van der Waals surface area contributed by atoms with Crippen LogP contribution in [0.4, 0.5) is 0 Å². The molecule has 2 N–H and O–H groups in total. The van der Waals surface area contributed by atoms with Crippen LogP contribution in [0.25, 0.3) is 21.6 Å². The van der Waals surface area contributed by atoms with Crippen LogP contribution in [0, 0.1) is 0 Å². The van der Waals surface area contributed by atoms with Gasteiger partial charge in [0.05, 0.1) is 27.7 Å². The molecule has 0 saturated carbocycles. The van der Waals surface area contributed by atoms with Crippen molar-refractivity contribution in [3.63, 3.8) is 0 Å². The predicted molar refractivity (Wildman–Crippen MR) is 100 cm³/mol. The second-order valence-electron chi connectivity index (χ2n) is 6.84. The molecule has 0 aliphatic heterocycles. The van der Waals surface area contributed by atoms with Crippen molar-refractivity contribution in [1.29, 1.82) is 0 Å². The van der Waals surface area contributed by atoms with E-state index in [1.807, 2.05) is 31.4 Å². The number of nitrogens with one attached hydrogen (secondary N) is 1.